The third-order valence-electron chi connectivity index (χ3n) is 6.75. The van der Waals surface area contributed by atoms with Gasteiger partial charge in [-0.25, -0.2) is 4.79 Å². The Morgan fingerprint density at radius 2 is 1.97 bits per heavy atom. The summed E-state index contributed by atoms with van der Waals surface area (Å²) in [5.74, 6) is 0.633. The lowest BCUT2D eigenvalue weighted by molar-refractivity contribution is -0.133. The molecule has 3 aromatic rings. The topological polar surface area (TPSA) is 77.7 Å². The zero-order chi connectivity index (χ0) is 22.5. The molecule has 1 saturated heterocycles. The van der Waals surface area contributed by atoms with E-state index in [2.05, 4.69) is 10.3 Å². The summed E-state index contributed by atoms with van der Waals surface area (Å²) >= 11 is 0. The van der Waals surface area contributed by atoms with Gasteiger partial charge in [-0.05, 0) is 42.8 Å². The molecule has 2 aliphatic rings. The number of aromatic amines is 1. The SMILES string of the molecule is CCNCCN1C(=O)N2[C@H](c3ccccc3)c3[nH]c4ccc(OC)cc4c3C[C@@]2(C)C1=O. The van der Waals surface area contributed by atoms with Crippen LogP contribution in [0, 0.1) is 0 Å². The predicted molar refractivity (Wildman–Crippen MR) is 123 cm³/mol. The third kappa shape index (κ3) is 2.92. The van der Waals surface area contributed by atoms with Crippen LogP contribution in [0.1, 0.15) is 36.7 Å². The maximum Gasteiger partial charge on any atom is 0.328 e. The minimum Gasteiger partial charge on any atom is -0.497 e. The average molecular weight is 433 g/mol. The standard InChI is InChI=1S/C25H28N4O3/c1-4-26-12-13-28-23(30)25(2)15-19-18-14-17(32-3)10-11-20(18)27-21(19)22(29(25)24(28)31)16-8-6-5-7-9-16/h5-11,14,22,26-27H,4,12-13,15H2,1-3H3/t22-,25+/m1/s1. The number of H-pyrrole nitrogens is 1. The number of aromatic nitrogens is 1. The number of carbonyl (C=O) groups excluding carboxylic acids is 2. The van der Waals surface area contributed by atoms with Crippen molar-refractivity contribution in [1.29, 1.82) is 0 Å². The molecular weight excluding hydrogens is 404 g/mol. The number of imide groups is 1. The Bertz CT molecular complexity index is 1190. The third-order valence-corrected chi connectivity index (χ3v) is 6.75. The number of fused-ring (bicyclic) bond motifs is 4. The zero-order valence-electron chi connectivity index (χ0n) is 18.6. The fourth-order valence-corrected chi connectivity index (χ4v) is 5.17. The summed E-state index contributed by atoms with van der Waals surface area (Å²) in [5.41, 5.74) is 3.04. The highest BCUT2D eigenvalue weighted by Gasteiger charge is 2.59. The molecule has 0 aliphatic carbocycles. The van der Waals surface area contributed by atoms with Gasteiger partial charge in [-0.1, -0.05) is 37.3 Å². The molecule has 0 unspecified atom stereocenters. The van der Waals surface area contributed by atoms with E-state index in [-0.39, 0.29) is 18.0 Å². The van der Waals surface area contributed by atoms with Gasteiger partial charge in [0.15, 0.2) is 0 Å². The molecule has 3 amide bonds. The van der Waals surface area contributed by atoms with Crippen LogP contribution in [0.15, 0.2) is 48.5 Å². The number of nitrogens with one attached hydrogen (secondary N) is 2. The number of hydrogen-bond donors (Lipinski definition) is 2. The van der Waals surface area contributed by atoms with Crippen LogP contribution in [-0.2, 0) is 11.2 Å². The van der Waals surface area contributed by atoms with Crippen molar-refractivity contribution in [2.75, 3.05) is 26.7 Å². The summed E-state index contributed by atoms with van der Waals surface area (Å²) in [5, 5.41) is 4.25. The number of likely N-dealkylation sites (N-methyl/N-ethyl adjacent to an activating group) is 1. The molecule has 0 bridgehead atoms. The molecule has 2 aliphatic heterocycles. The Balaban J connectivity index is 1.68. The van der Waals surface area contributed by atoms with Gasteiger partial charge >= 0.3 is 6.03 Å². The van der Waals surface area contributed by atoms with Crippen LogP contribution in [-0.4, -0.2) is 59.0 Å². The number of nitrogens with zero attached hydrogens (tertiary/aromatic N) is 2. The fourth-order valence-electron chi connectivity index (χ4n) is 5.17. The van der Waals surface area contributed by atoms with Gasteiger partial charge in [-0.15, -0.1) is 0 Å². The number of ether oxygens (including phenoxy) is 1. The molecule has 7 heteroatoms. The molecule has 0 radical (unpaired) electrons. The van der Waals surface area contributed by atoms with Crippen LogP contribution in [0.5, 0.6) is 5.75 Å². The second-order valence-corrected chi connectivity index (χ2v) is 8.66. The van der Waals surface area contributed by atoms with E-state index in [9.17, 15) is 9.59 Å². The first-order valence-electron chi connectivity index (χ1n) is 11.1. The Hall–Kier alpha value is -3.32. The van der Waals surface area contributed by atoms with Gasteiger partial charge in [0.2, 0.25) is 0 Å². The number of hydrogen-bond acceptors (Lipinski definition) is 4. The molecule has 1 fully saturated rings. The lowest BCUT2D eigenvalue weighted by atomic mass is 9.81. The van der Waals surface area contributed by atoms with Crippen molar-refractivity contribution >= 4 is 22.8 Å². The Kier molecular flexibility index (Phi) is 4.93. The first-order valence-corrected chi connectivity index (χ1v) is 11.1. The molecule has 5 rings (SSSR count). The molecule has 32 heavy (non-hydrogen) atoms. The zero-order valence-corrected chi connectivity index (χ0v) is 18.6. The molecule has 2 aromatic carbocycles. The molecular formula is C25H28N4O3. The summed E-state index contributed by atoms with van der Waals surface area (Å²) in [6.07, 6.45) is 0.459. The maximum absolute atomic E-state index is 13.6. The van der Waals surface area contributed by atoms with Crippen LogP contribution in [0.2, 0.25) is 0 Å². The smallest absolute Gasteiger partial charge is 0.328 e. The average Bonchev–Trinajstić information content (AvgIpc) is 3.25. The first kappa shape index (κ1) is 20.6. The van der Waals surface area contributed by atoms with E-state index in [1.54, 1.807) is 12.0 Å². The van der Waals surface area contributed by atoms with Crippen molar-refractivity contribution in [3.05, 3.63) is 65.4 Å². The van der Waals surface area contributed by atoms with Gasteiger partial charge in [0, 0.05) is 36.1 Å². The normalized spacial score (nSPS) is 22.4. The lowest BCUT2D eigenvalue weighted by Crippen LogP contribution is -2.53. The van der Waals surface area contributed by atoms with Crippen LogP contribution >= 0.6 is 0 Å². The monoisotopic (exact) mass is 432 g/mol. The van der Waals surface area contributed by atoms with Crippen molar-refractivity contribution in [2.24, 2.45) is 0 Å². The van der Waals surface area contributed by atoms with E-state index in [0.29, 0.717) is 19.5 Å². The molecule has 166 valence electrons. The Morgan fingerprint density at radius 1 is 1.19 bits per heavy atom. The number of urea groups is 1. The number of benzene rings is 2. The fraction of sp³-hybridized carbons (Fsp3) is 0.360. The van der Waals surface area contributed by atoms with E-state index in [4.69, 9.17) is 4.74 Å². The number of methoxy groups -OCH3 is 1. The maximum atomic E-state index is 13.6. The second kappa shape index (κ2) is 7.67. The van der Waals surface area contributed by atoms with E-state index in [1.807, 2.05) is 62.4 Å². The van der Waals surface area contributed by atoms with Crippen LogP contribution in [0.25, 0.3) is 10.9 Å². The minimum atomic E-state index is -0.949. The summed E-state index contributed by atoms with van der Waals surface area (Å²) < 4.78 is 5.46. The van der Waals surface area contributed by atoms with E-state index < -0.39 is 5.54 Å². The van der Waals surface area contributed by atoms with Crippen LogP contribution in [0.4, 0.5) is 4.79 Å². The summed E-state index contributed by atoms with van der Waals surface area (Å²) in [6.45, 7) is 5.65. The van der Waals surface area contributed by atoms with Crippen LogP contribution < -0.4 is 10.1 Å². The van der Waals surface area contributed by atoms with E-state index in [1.165, 1.54) is 4.90 Å². The number of amides is 3. The highest BCUT2D eigenvalue weighted by atomic mass is 16.5. The lowest BCUT2D eigenvalue weighted by Gasteiger charge is -2.42. The second-order valence-electron chi connectivity index (χ2n) is 8.66. The predicted octanol–water partition coefficient (Wildman–Crippen LogP) is 3.45. The van der Waals surface area contributed by atoms with Gasteiger partial charge in [0.05, 0.1) is 7.11 Å². The molecule has 2 N–H and O–H groups in total. The molecule has 2 atom stereocenters. The molecule has 1 aromatic heterocycles. The van der Waals surface area contributed by atoms with Gasteiger partial charge in [-0.2, -0.15) is 0 Å². The Morgan fingerprint density at radius 3 is 2.69 bits per heavy atom. The van der Waals surface area contributed by atoms with Crippen molar-refractivity contribution in [1.82, 2.24) is 20.1 Å². The quantitative estimate of drug-likeness (QED) is 0.462. The largest absolute Gasteiger partial charge is 0.497 e. The van der Waals surface area contributed by atoms with Crippen molar-refractivity contribution in [3.63, 3.8) is 0 Å². The van der Waals surface area contributed by atoms with E-state index in [0.717, 1.165) is 40.0 Å². The van der Waals surface area contributed by atoms with Gasteiger partial charge in [0.25, 0.3) is 5.91 Å². The van der Waals surface area contributed by atoms with Gasteiger partial charge < -0.3 is 15.0 Å². The number of carbonyl (C=O) groups is 2. The molecule has 0 spiro atoms. The van der Waals surface area contributed by atoms with E-state index >= 15 is 0 Å². The molecule has 3 heterocycles. The highest BCUT2D eigenvalue weighted by molar-refractivity contribution is 6.08. The van der Waals surface area contributed by atoms with Gasteiger partial charge in [0.1, 0.15) is 17.3 Å². The summed E-state index contributed by atoms with van der Waals surface area (Å²) in [7, 11) is 1.65. The highest BCUT2D eigenvalue weighted by Crippen LogP contribution is 2.48. The Labute approximate surface area is 187 Å². The van der Waals surface area contributed by atoms with Crippen LogP contribution in [0.3, 0.4) is 0 Å². The van der Waals surface area contributed by atoms with Crippen molar-refractivity contribution < 1.29 is 14.3 Å². The van der Waals surface area contributed by atoms with Crippen molar-refractivity contribution in [3.8, 4) is 5.75 Å². The molecule has 7 nitrogen and oxygen atoms in total. The summed E-state index contributed by atoms with van der Waals surface area (Å²) in [6, 6.07) is 15.3. The minimum absolute atomic E-state index is 0.135. The molecule has 0 saturated carbocycles. The van der Waals surface area contributed by atoms with Crippen molar-refractivity contribution in [2.45, 2.75) is 31.8 Å². The summed E-state index contributed by atoms with van der Waals surface area (Å²) in [4.78, 5) is 34.0. The number of rotatable bonds is 6. The van der Waals surface area contributed by atoms with Gasteiger partial charge in [-0.3, -0.25) is 14.6 Å². The first-order chi connectivity index (χ1) is 15.5.